The molecule has 0 fully saturated rings. The van der Waals surface area contributed by atoms with Crippen LogP contribution in [0, 0.1) is 13.8 Å². The van der Waals surface area contributed by atoms with Gasteiger partial charge in [-0.3, -0.25) is 14.4 Å². The van der Waals surface area contributed by atoms with E-state index in [9.17, 15) is 19.2 Å². The molecule has 142 valence electrons. The fourth-order valence-electron chi connectivity index (χ4n) is 2.71. The molecule has 28 heavy (non-hydrogen) atoms. The quantitative estimate of drug-likeness (QED) is 0.638. The van der Waals surface area contributed by atoms with E-state index in [2.05, 4.69) is 5.32 Å². The lowest BCUT2D eigenvalue weighted by molar-refractivity contribution is -0.120. The van der Waals surface area contributed by atoms with E-state index in [1.807, 2.05) is 26.0 Å². The predicted molar refractivity (Wildman–Crippen MR) is 103 cm³/mol. The minimum absolute atomic E-state index is 0.129. The predicted octanol–water partition coefficient (Wildman–Crippen LogP) is 2.53. The number of nitrogens with zero attached hydrogens (tertiary/aromatic N) is 1. The first-order valence-corrected chi connectivity index (χ1v) is 8.56. The number of nitrogens with one attached hydrogen (secondary N) is 1. The summed E-state index contributed by atoms with van der Waals surface area (Å²) in [5, 5.41) is 2.70. The maximum Gasteiger partial charge on any atom is 0.338 e. The Hall–Kier alpha value is -3.74. The topological polar surface area (TPSA) is 92.8 Å². The highest BCUT2D eigenvalue weighted by Gasteiger charge is 2.25. The number of amides is 3. The van der Waals surface area contributed by atoms with Crippen molar-refractivity contribution in [2.75, 3.05) is 16.8 Å². The summed E-state index contributed by atoms with van der Waals surface area (Å²) in [7, 11) is 0. The molecule has 0 bridgehead atoms. The van der Waals surface area contributed by atoms with E-state index in [0.717, 1.165) is 28.2 Å². The molecule has 7 heteroatoms. The van der Waals surface area contributed by atoms with Gasteiger partial charge in [0.05, 0.1) is 11.3 Å². The lowest BCUT2D eigenvalue weighted by Gasteiger charge is -2.14. The second kappa shape index (κ2) is 7.87. The van der Waals surface area contributed by atoms with Gasteiger partial charge < -0.3 is 10.1 Å². The van der Waals surface area contributed by atoms with Crippen LogP contribution in [0.15, 0.2) is 54.6 Å². The van der Waals surface area contributed by atoms with Gasteiger partial charge in [-0.15, -0.1) is 0 Å². The Morgan fingerprint density at radius 2 is 1.68 bits per heavy atom. The molecular weight excluding hydrogens is 360 g/mol. The van der Waals surface area contributed by atoms with Crippen LogP contribution in [0.25, 0.3) is 0 Å². The zero-order chi connectivity index (χ0) is 20.3. The van der Waals surface area contributed by atoms with Crippen LogP contribution in [0.3, 0.4) is 0 Å². The van der Waals surface area contributed by atoms with Gasteiger partial charge in [0.25, 0.3) is 17.7 Å². The smallest absolute Gasteiger partial charge is 0.338 e. The summed E-state index contributed by atoms with van der Waals surface area (Å²) < 4.78 is 5.05. The zero-order valence-corrected chi connectivity index (χ0v) is 15.4. The summed E-state index contributed by atoms with van der Waals surface area (Å²) in [6.45, 7) is 3.36. The summed E-state index contributed by atoms with van der Waals surface area (Å²) >= 11 is 0. The number of benzene rings is 2. The highest BCUT2D eigenvalue weighted by molar-refractivity contribution is 6.28. The molecule has 0 aromatic heterocycles. The molecule has 1 heterocycles. The van der Waals surface area contributed by atoms with E-state index in [-0.39, 0.29) is 11.3 Å². The third-order valence-corrected chi connectivity index (χ3v) is 4.36. The number of esters is 1. The number of hydrogen-bond donors (Lipinski definition) is 1. The zero-order valence-electron chi connectivity index (χ0n) is 15.4. The highest BCUT2D eigenvalue weighted by Crippen LogP contribution is 2.21. The fraction of sp³-hybridized carbons (Fsp3) is 0.143. The third kappa shape index (κ3) is 3.98. The molecule has 2 aromatic carbocycles. The largest absolute Gasteiger partial charge is 0.452 e. The Labute approximate surface area is 161 Å². The molecule has 0 aliphatic carbocycles. The molecule has 3 amide bonds. The van der Waals surface area contributed by atoms with Crippen molar-refractivity contribution < 1.29 is 23.9 Å². The highest BCUT2D eigenvalue weighted by atomic mass is 16.5. The number of imide groups is 1. The second-order valence-electron chi connectivity index (χ2n) is 6.27. The van der Waals surface area contributed by atoms with Gasteiger partial charge in [0.1, 0.15) is 0 Å². The first-order chi connectivity index (χ1) is 13.4. The Morgan fingerprint density at radius 3 is 2.39 bits per heavy atom. The van der Waals surface area contributed by atoms with E-state index in [1.54, 1.807) is 6.07 Å². The molecule has 0 atom stereocenters. The maximum atomic E-state index is 12.2. The minimum atomic E-state index is -0.731. The number of carbonyl (C=O) groups excluding carboxylic acids is 4. The van der Waals surface area contributed by atoms with Crippen LogP contribution >= 0.6 is 0 Å². The molecule has 0 spiro atoms. The van der Waals surface area contributed by atoms with Crippen LogP contribution < -0.4 is 10.2 Å². The van der Waals surface area contributed by atoms with E-state index in [1.165, 1.54) is 24.3 Å². The molecule has 1 N–H and O–H groups in total. The molecule has 1 aliphatic heterocycles. The van der Waals surface area contributed by atoms with Gasteiger partial charge in [-0.05, 0) is 49.2 Å². The van der Waals surface area contributed by atoms with Crippen molar-refractivity contribution >= 4 is 35.1 Å². The summed E-state index contributed by atoms with van der Waals surface area (Å²) in [4.78, 5) is 48.8. The Bertz CT molecular complexity index is 992. The van der Waals surface area contributed by atoms with Gasteiger partial charge in [-0.25, -0.2) is 9.69 Å². The number of aryl methyl sites for hydroxylation is 1. The van der Waals surface area contributed by atoms with Crippen molar-refractivity contribution in [2.45, 2.75) is 13.8 Å². The molecular formula is C21H18N2O5. The summed E-state index contributed by atoms with van der Waals surface area (Å²) in [6.07, 6.45) is 2.32. The Morgan fingerprint density at radius 1 is 1.00 bits per heavy atom. The van der Waals surface area contributed by atoms with Crippen LogP contribution in [-0.4, -0.2) is 30.3 Å². The summed E-state index contributed by atoms with van der Waals surface area (Å²) in [6, 6.07) is 11.4. The molecule has 1 aliphatic rings. The van der Waals surface area contributed by atoms with E-state index >= 15 is 0 Å². The number of anilines is 2. The molecule has 0 saturated heterocycles. The molecule has 7 nitrogen and oxygen atoms in total. The van der Waals surface area contributed by atoms with Crippen molar-refractivity contribution in [2.24, 2.45) is 0 Å². The number of ether oxygens (including phenoxy) is 1. The van der Waals surface area contributed by atoms with Crippen molar-refractivity contribution in [3.8, 4) is 0 Å². The average molecular weight is 378 g/mol. The van der Waals surface area contributed by atoms with Gasteiger partial charge in [0, 0.05) is 17.8 Å². The van der Waals surface area contributed by atoms with Crippen LogP contribution in [0.4, 0.5) is 11.4 Å². The number of rotatable bonds is 5. The van der Waals surface area contributed by atoms with Gasteiger partial charge in [0.15, 0.2) is 6.61 Å². The summed E-state index contributed by atoms with van der Waals surface area (Å²) in [5.74, 6) is -2.16. The van der Waals surface area contributed by atoms with Gasteiger partial charge in [-0.1, -0.05) is 18.2 Å². The first-order valence-electron chi connectivity index (χ1n) is 8.56. The van der Waals surface area contributed by atoms with Gasteiger partial charge >= 0.3 is 5.97 Å². The molecule has 0 radical (unpaired) electrons. The number of carbonyl (C=O) groups is 4. The second-order valence-corrected chi connectivity index (χ2v) is 6.27. The SMILES string of the molecule is Cc1cccc(NC(=O)COC(=O)c2cccc(N3C(=O)C=CC3=O)c2)c1C. The van der Waals surface area contributed by atoms with Crippen molar-refractivity contribution in [1.82, 2.24) is 0 Å². The molecule has 0 unspecified atom stereocenters. The van der Waals surface area contributed by atoms with E-state index in [4.69, 9.17) is 4.74 Å². The van der Waals surface area contributed by atoms with Gasteiger partial charge in [0.2, 0.25) is 0 Å². The normalized spacial score (nSPS) is 13.0. The fourth-order valence-corrected chi connectivity index (χ4v) is 2.71. The Kier molecular flexibility index (Phi) is 5.35. The monoisotopic (exact) mass is 378 g/mol. The van der Waals surface area contributed by atoms with Crippen molar-refractivity contribution in [1.29, 1.82) is 0 Å². The summed E-state index contributed by atoms with van der Waals surface area (Å²) in [5.41, 5.74) is 3.01. The molecule has 3 rings (SSSR count). The van der Waals surface area contributed by atoms with Crippen molar-refractivity contribution in [3.63, 3.8) is 0 Å². The van der Waals surface area contributed by atoms with Gasteiger partial charge in [-0.2, -0.15) is 0 Å². The lowest BCUT2D eigenvalue weighted by atomic mass is 10.1. The van der Waals surface area contributed by atoms with E-state index < -0.39 is 30.3 Å². The van der Waals surface area contributed by atoms with Crippen LogP contribution in [0.5, 0.6) is 0 Å². The number of hydrogen-bond acceptors (Lipinski definition) is 5. The molecule has 2 aromatic rings. The standard InChI is InChI=1S/C21H18N2O5/c1-13-5-3-8-17(14(13)2)22-18(24)12-28-21(27)15-6-4-7-16(11-15)23-19(25)9-10-20(23)26/h3-11H,12H2,1-2H3,(H,22,24). The third-order valence-electron chi connectivity index (χ3n) is 4.36. The minimum Gasteiger partial charge on any atom is -0.452 e. The van der Waals surface area contributed by atoms with Crippen LogP contribution in [0.1, 0.15) is 21.5 Å². The average Bonchev–Trinajstić information content (AvgIpc) is 3.02. The molecule has 0 saturated carbocycles. The van der Waals surface area contributed by atoms with Crippen LogP contribution in [-0.2, 0) is 19.1 Å². The lowest BCUT2D eigenvalue weighted by Crippen LogP contribution is -2.29. The first kappa shape index (κ1) is 19.0. The van der Waals surface area contributed by atoms with E-state index in [0.29, 0.717) is 5.69 Å². The van der Waals surface area contributed by atoms with Crippen molar-refractivity contribution in [3.05, 3.63) is 71.3 Å². The van der Waals surface area contributed by atoms with Crippen LogP contribution in [0.2, 0.25) is 0 Å². The maximum absolute atomic E-state index is 12.2. The Balaban J connectivity index is 1.63.